The minimum absolute atomic E-state index is 0.253. The molecule has 0 unspecified atom stereocenters. The second kappa shape index (κ2) is 5.26. The molecule has 3 rings (SSSR count). The maximum absolute atomic E-state index is 13.0. The molecule has 3 aromatic rings. The van der Waals surface area contributed by atoms with Gasteiger partial charge in [-0.3, -0.25) is 0 Å². The highest BCUT2D eigenvalue weighted by atomic mass is 19.1. The lowest BCUT2D eigenvalue weighted by atomic mass is 10.0. The number of hydrogen-bond acceptors (Lipinski definition) is 2. The second-order valence-electron chi connectivity index (χ2n) is 4.83. The Kier molecular flexibility index (Phi) is 3.29. The van der Waals surface area contributed by atoms with Crippen LogP contribution in [-0.4, -0.2) is 7.05 Å². The van der Waals surface area contributed by atoms with Crippen molar-refractivity contribution >= 4 is 22.1 Å². The maximum Gasteiger partial charge on any atom is 0.123 e. The van der Waals surface area contributed by atoms with Crippen molar-refractivity contribution < 1.29 is 4.39 Å². The van der Waals surface area contributed by atoms with Crippen LogP contribution in [0.5, 0.6) is 0 Å². The third-order valence-corrected chi connectivity index (χ3v) is 3.60. The SMILES string of the molecule is CN(c1ccc(F)cc1)c1ccc(C#N)c2ccccc12. The Morgan fingerprint density at radius 3 is 2.24 bits per heavy atom. The summed E-state index contributed by atoms with van der Waals surface area (Å²) in [5, 5.41) is 11.1. The molecule has 0 aromatic heterocycles. The summed E-state index contributed by atoms with van der Waals surface area (Å²) in [7, 11) is 1.93. The predicted octanol–water partition coefficient (Wildman–Crippen LogP) is 4.62. The third-order valence-electron chi connectivity index (χ3n) is 3.60. The van der Waals surface area contributed by atoms with E-state index in [2.05, 4.69) is 6.07 Å². The van der Waals surface area contributed by atoms with E-state index >= 15 is 0 Å². The molecule has 0 fully saturated rings. The van der Waals surface area contributed by atoms with E-state index in [9.17, 15) is 9.65 Å². The second-order valence-corrected chi connectivity index (χ2v) is 4.83. The van der Waals surface area contributed by atoms with Gasteiger partial charge in [-0.1, -0.05) is 24.3 Å². The van der Waals surface area contributed by atoms with Gasteiger partial charge in [-0.05, 0) is 36.4 Å². The zero-order chi connectivity index (χ0) is 14.8. The largest absolute Gasteiger partial charge is 0.344 e. The van der Waals surface area contributed by atoms with Gasteiger partial charge >= 0.3 is 0 Å². The fourth-order valence-electron chi connectivity index (χ4n) is 2.48. The Bertz CT molecular complexity index is 832. The van der Waals surface area contributed by atoms with E-state index in [0.717, 1.165) is 22.1 Å². The quantitative estimate of drug-likeness (QED) is 0.683. The first-order valence-corrected chi connectivity index (χ1v) is 6.62. The van der Waals surface area contributed by atoms with Crippen molar-refractivity contribution in [3.8, 4) is 6.07 Å². The van der Waals surface area contributed by atoms with Gasteiger partial charge in [0.05, 0.1) is 11.6 Å². The van der Waals surface area contributed by atoms with Crippen molar-refractivity contribution in [3.05, 3.63) is 72.0 Å². The van der Waals surface area contributed by atoms with Crippen LogP contribution in [0, 0.1) is 17.1 Å². The Morgan fingerprint density at radius 2 is 1.57 bits per heavy atom. The molecule has 0 atom stereocenters. The summed E-state index contributed by atoms with van der Waals surface area (Å²) in [5.41, 5.74) is 2.53. The standard InChI is InChI=1S/C18H13FN2/c1-21(15-9-7-14(19)8-10-15)18-11-6-13(12-20)16-4-2-3-5-17(16)18/h2-11H,1H3. The first-order chi connectivity index (χ1) is 10.2. The molecule has 0 spiro atoms. The molecule has 0 aliphatic rings. The van der Waals surface area contributed by atoms with Gasteiger partial charge in [-0.2, -0.15) is 5.26 Å². The van der Waals surface area contributed by atoms with Gasteiger partial charge in [0.25, 0.3) is 0 Å². The molecule has 0 aliphatic carbocycles. The fourth-order valence-corrected chi connectivity index (χ4v) is 2.48. The number of rotatable bonds is 2. The number of nitriles is 1. The first kappa shape index (κ1) is 13.1. The van der Waals surface area contributed by atoms with Gasteiger partial charge < -0.3 is 4.90 Å². The van der Waals surface area contributed by atoms with E-state index in [1.807, 2.05) is 48.3 Å². The molecule has 102 valence electrons. The number of hydrogen-bond donors (Lipinski definition) is 0. The lowest BCUT2D eigenvalue weighted by Crippen LogP contribution is -2.10. The van der Waals surface area contributed by atoms with Gasteiger partial charge in [0.2, 0.25) is 0 Å². The smallest absolute Gasteiger partial charge is 0.123 e. The first-order valence-electron chi connectivity index (χ1n) is 6.62. The minimum Gasteiger partial charge on any atom is -0.344 e. The Balaban J connectivity index is 2.17. The van der Waals surface area contributed by atoms with Crippen molar-refractivity contribution in [3.63, 3.8) is 0 Å². The molecule has 3 heteroatoms. The highest BCUT2D eigenvalue weighted by Crippen LogP contribution is 2.32. The molecule has 0 amide bonds. The predicted molar refractivity (Wildman–Crippen MR) is 83.1 cm³/mol. The van der Waals surface area contributed by atoms with Gasteiger partial charge in [-0.25, -0.2) is 4.39 Å². The molecule has 0 aliphatic heterocycles. The average molecular weight is 276 g/mol. The van der Waals surface area contributed by atoms with Crippen LogP contribution >= 0.6 is 0 Å². The van der Waals surface area contributed by atoms with E-state index in [1.165, 1.54) is 12.1 Å². The monoisotopic (exact) mass is 276 g/mol. The van der Waals surface area contributed by atoms with Crippen LogP contribution in [0.15, 0.2) is 60.7 Å². The molecular formula is C18H13FN2. The van der Waals surface area contributed by atoms with Gasteiger partial charge in [0, 0.05) is 29.2 Å². The van der Waals surface area contributed by atoms with Gasteiger partial charge in [-0.15, -0.1) is 0 Å². The molecule has 0 radical (unpaired) electrons. The molecular weight excluding hydrogens is 263 g/mol. The van der Waals surface area contributed by atoms with Crippen molar-refractivity contribution in [1.82, 2.24) is 0 Å². The summed E-state index contributed by atoms with van der Waals surface area (Å²) in [5.74, 6) is -0.253. The highest BCUT2D eigenvalue weighted by molar-refractivity contribution is 5.99. The summed E-state index contributed by atoms with van der Waals surface area (Å²) in [6.45, 7) is 0. The Hall–Kier alpha value is -2.86. The highest BCUT2D eigenvalue weighted by Gasteiger charge is 2.10. The minimum atomic E-state index is -0.253. The van der Waals surface area contributed by atoms with Crippen molar-refractivity contribution in [2.45, 2.75) is 0 Å². The maximum atomic E-state index is 13.0. The van der Waals surface area contributed by atoms with Crippen molar-refractivity contribution in [1.29, 1.82) is 5.26 Å². The van der Waals surface area contributed by atoms with Crippen LogP contribution in [0.2, 0.25) is 0 Å². The molecule has 0 saturated carbocycles. The van der Waals surface area contributed by atoms with Crippen LogP contribution in [0.1, 0.15) is 5.56 Å². The molecule has 21 heavy (non-hydrogen) atoms. The van der Waals surface area contributed by atoms with Gasteiger partial charge in [0.1, 0.15) is 5.82 Å². The van der Waals surface area contributed by atoms with Crippen molar-refractivity contribution in [2.75, 3.05) is 11.9 Å². The summed E-state index contributed by atoms with van der Waals surface area (Å²) < 4.78 is 13.0. The normalized spacial score (nSPS) is 10.3. The zero-order valence-corrected chi connectivity index (χ0v) is 11.5. The van der Waals surface area contributed by atoms with Crippen LogP contribution in [0.4, 0.5) is 15.8 Å². The summed E-state index contributed by atoms with van der Waals surface area (Å²) >= 11 is 0. The molecule has 0 saturated heterocycles. The number of fused-ring (bicyclic) bond motifs is 1. The van der Waals surface area contributed by atoms with Crippen LogP contribution in [-0.2, 0) is 0 Å². The summed E-state index contributed by atoms with van der Waals surface area (Å²) in [6.07, 6.45) is 0. The van der Waals surface area contributed by atoms with E-state index < -0.39 is 0 Å². The van der Waals surface area contributed by atoms with Gasteiger partial charge in [0.15, 0.2) is 0 Å². The number of anilines is 2. The summed E-state index contributed by atoms with van der Waals surface area (Å²) in [6, 6.07) is 20.1. The topological polar surface area (TPSA) is 27.0 Å². The average Bonchev–Trinajstić information content (AvgIpc) is 2.54. The fraction of sp³-hybridized carbons (Fsp3) is 0.0556. The molecule has 0 heterocycles. The molecule has 0 N–H and O–H groups in total. The van der Waals surface area contributed by atoms with E-state index in [0.29, 0.717) is 5.56 Å². The number of benzene rings is 3. The lowest BCUT2D eigenvalue weighted by molar-refractivity contribution is 0.628. The Labute approximate surface area is 122 Å². The van der Waals surface area contributed by atoms with Crippen LogP contribution < -0.4 is 4.90 Å². The summed E-state index contributed by atoms with van der Waals surface area (Å²) in [4.78, 5) is 1.99. The van der Waals surface area contributed by atoms with Crippen LogP contribution in [0.3, 0.4) is 0 Å². The van der Waals surface area contributed by atoms with E-state index in [-0.39, 0.29) is 5.82 Å². The Morgan fingerprint density at radius 1 is 0.905 bits per heavy atom. The van der Waals surface area contributed by atoms with Crippen molar-refractivity contribution in [2.24, 2.45) is 0 Å². The molecule has 3 aromatic carbocycles. The number of nitrogens with zero attached hydrogens (tertiary/aromatic N) is 2. The van der Waals surface area contributed by atoms with E-state index in [4.69, 9.17) is 0 Å². The number of halogens is 1. The third kappa shape index (κ3) is 2.32. The lowest BCUT2D eigenvalue weighted by Gasteiger charge is -2.21. The zero-order valence-electron chi connectivity index (χ0n) is 11.5. The molecule has 2 nitrogen and oxygen atoms in total. The molecule has 0 bridgehead atoms. The van der Waals surface area contributed by atoms with E-state index in [1.54, 1.807) is 12.1 Å². The van der Waals surface area contributed by atoms with Crippen LogP contribution in [0.25, 0.3) is 10.8 Å².